The maximum atomic E-state index is 12.6. The first-order valence-corrected chi connectivity index (χ1v) is 9.51. The van der Waals surface area contributed by atoms with E-state index in [0.29, 0.717) is 0 Å². The summed E-state index contributed by atoms with van der Waals surface area (Å²) >= 11 is 1.78. The van der Waals surface area contributed by atoms with Crippen LogP contribution in [-0.2, 0) is 12.8 Å². The van der Waals surface area contributed by atoms with Crippen molar-refractivity contribution in [1.29, 1.82) is 0 Å². The number of carbonyl (C=O) groups is 1. The van der Waals surface area contributed by atoms with Crippen LogP contribution in [0.1, 0.15) is 46.1 Å². The minimum atomic E-state index is -0.146. The third-order valence-electron chi connectivity index (χ3n) is 5.03. The van der Waals surface area contributed by atoms with Crippen LogP contribution in [0.5, 0.6) is 0 Å². The summed E-state index contributed by atoms with van der Waals surface area (Å²) in [6.07, 6.45) is 8.52. The van der Waals surface area contributed by atoms with Gasteiger partial charge in [-0.05, 0) is 42.4 Å². The summed E-state index contributed by atoms with van der Waals surface area (Å²) in [6, 6.07) is 10.1. The Hall–Kier alpha value is -2.07. The molecule has 0 bridgehead atoms. The van der Waals surface area contributed by atoms with Crippen LogP contribution < -0.4 is 10.6 Å². The lowest BCUT2D eigenvalue weighted by atomic mass is 9.85. The highest BCUT2D eigenvalue weighted by atomic mass is 32.1. The van der Waals surface area contributed by atoms with Crippen LogP contribution >= 0.6 is 11.3 Å². The molecule has 0 spiro atoms. The minimum absolute atomic E-state index is 0.0684. The number of carbonyl (C=O) groups excluding carboxylic acids is 1. The van der Waals surface area contributed by atoms with Gasteiger partial charge in [-0.15, -0.1) is 11.3 Å². The summed E-state index contributed by atoms with van der Waals surface area (Å²) in [5.74, 6) is 0.841. The first kappa shape index (κ1) is 15.5. The Morgan fingerprint density at radius 2 is 2.08 bits per heavy atom. The van der Waals surface area contributed by atoms with Gasteiger partial charge in [0.15, 0.2) is 0 Å². The van der Waals surface area contributed by atoms with Crippen LogP contribution in [0.2, 0.25) is 0 Å². The van der Waals surface area contributed by atoms with E-state index in [1.807, 2.05) is 30.4 Å². The fourth-order valence-corrected chi connectivity index (χ4v) is 5.00. The third kappa shape index (κ3) is 2.86. The average Bonchev–Trinajstić information content (AvgIpc) is 2.98. The lowest BCUT2D eigenvalue weighted by Gasteiger charge is -2.25. The number of hydrogen-bond acceptors (Lipinski definition) is 3. The lowest BCUT2D eigenvalue weighted by Crippen LogP contribution is -2.43. The Labute approximate surface area is 146 Å². The second kappa shape index (κ2) is 6.44. The SMILES string of the molecule is CC[C@H]1CCc2c(sc3c2C(=O)N[C@@H](/C=C/c2ccccc2)N3)C1. The Balaban J connectivity index is 1.56. The molecule has 2 N–H and O–H groups in total. The summed E-state index contributed by atoms with van der Waals surface area (Å²) in [5, 5.41) is 7.61. The second-order valence-corrected chi connectivity index (χ2v) is 7.70. The average molecular weight is 338 g/mol. The second-order valence-electron chi connectivity index (χ2n) is 6.59. The summed E-state index contributed by atoms with van der Waals surface area (Å²) < 4.78 is 0. The van der Waals surface area contributed by atoms with Crippen LogP contribution in [0, 0.1) is 5.92 Å². The zero-order valence-corrected chi connectivity index (χ0v) is 14.7. The highest BCUT2D eigenvalue weighted by Crippen LogP contribution is 2.41. The largest absolute Gasteiger partial charge is 0.353 e. The number of anilines is 1. The smallest absolute Gasteiger partial charge is 0.256 e. The summed E-state index contributed by atoms with van der Waals surface area (Å²) in [5.41, 5.74) is 3.32. The fourth-order valence-electron chi connectivity index (χ4n) is 3.60. The first-order chi connectivity index (χ1) is 11.7. The molecule has 124 valence electrons. The molecule has 0 fully saturated rings. The molecular formula is C20H22N2OS. The van der Waals surface area contributed by atoms with Crippen molar-refractivity contribution in [2.45, 2.75) is 38.8 Å². The molecule has 4 rings (SSSR count). The van der Waals surface area contributed by atoms with Gasteiger partial charge in [-0.3, -0.25) is 4.79 Å². The van der Waals surface area contributed by atoms with Gasteiger partial charge in [-0.2, -0.15) is 0 Å². The summed E-state index contributed by atoms with van der Waals surface area (Å²) in [6.45, 7) is 2.26. The molecule has 0 saturated carbocycles. The lowest BCUT2D eigenvalue weighted by molar-refractivity contribution is 0.0942. The molecule has 1 aliphatic heterocycles. The Morgan fingerprint density at radius 1 is 1.25 bits per heavy atom. The van der Waals surface area contributed by atoms with Crippen molar-refractivity contribution in [3.63, 3.8) is 0 Å². The molecule has 1 aromatic heterocycles. The third-order valence-corrected chi connectivity index (χ3v) is 6.21. The normalized spacial score (nSPS) is 22.6. The molecular weight excluding hydrogens is 316 g/mol. The molecule has 0 unspecified atom stereocenters. The van der Waals surface area contributed by atoms with Gasteiger partial charge in [0, 0.05) is 4.88 Å². The standard InChI is InChI=1S/C20H22N2OS/c1-2-13-8-10-15-16(12-13)24-20-18(15)19(23)21-17(22-20)11-9-14-6-4-3-5-7-14/h3-7,9,11,13,17,22H,2,8,10,12H2,1H3,(H,21,23)/b11-9+/t13-,17+/m0/s1. The zero-order valence-electron chi connectivity index (χ0n) is 13.8. The van der Waals surface area contributed by atoms with E-state index in [1.54, 1.807) is 11.3 Å². The predicted octanol–water partition coefficient (Wildman–Crippen LogP) is 4.46. The van der Waals surface area contributed by atoms with E-state index < -0.39 is 0 Å². The van der Waals surface area contributed by atoms with Gasteiger partial charge >= 0.3 is 0 Å². The van der Waals surface area contributed by atoms with Crippen LogP contribution in [0.15, 0.2) is 36.4 Å². The van der Waals surface area contributed by atoms with Gasteiger partial charge in [-0.25, -0.2) is 0 Å². The van der Waals surface area contributed by atoms with Crippen molar-refractivity contribution in [3.05, 3.63) is 58.0 Å². The quantitative estimate of drug-likeness (QED) is 0.867. The van der Waals surface area contributed by atoms with E-state index >= 15 is 0 Å². The maximum Gasteiger partial charge on any atom is 0.256 e. The van der Waals surface area contributed by atoms with E-state index in [1.165, 1.54) is 23.3 Å². The van der Waals surface area contributed by atoms with Gasteiger partial charge in [-0.1, -0.05) is 49.8 Å². The highest BCUT2D eigenvalue weighted by Gasteiger charge is 2.32. The number of hydrogen-bond donors (Lipinski definition) is 2. The molecule has 0 radical (unpaired) electrons. The number of benzene rings is 1. The molecule has 4 heteroatoms. The van der Waals surface area contributed by atoms with Crippen molar-refractivity contribution in [2.75, 3.05) is 5.32 Å². The monoisotopic (exact) mass is 338 g/mol. The maximum absolute atomic E-state index is 12.6. The molecule has 1 aliphatic carbocycles. The van der Waals surface area contributed by atoms with E-state index in [0.717, 1.165) is 34.9 Å². The molecule has 1 aromatic carbocycles. The molecule has 1 amide bonds. The topological polar surface area (TPSA) is 41.1 Å². The predicted molar refractivity (Wildman–Crippen MR) is 100 cm³/mol. The van der Waals surface area contributed by atoms with E-state index in [2.05, 4.69) is 29.7 Å². The Morgan fingerprint density at radius 3 is 2.88 bits per heavy atom. The van der Waals surface area contributed by atoms with Gasteiger partial charge in [0.2, 0.25) is 0 Å². The number of thiophene rings is 1. The highest BCUT2D eigenvalue weighted by molar-refractivity contribution is 7.16. The molecule has 2 aliphatic rings. The van der Waals surface area contributed by atoms with Crippen molar-refractivity contribution in [2.24, 2.45) is 5.92 Å². The molecule has 2 atom stereocenters. The van der Waals surface area contributed by atoms with E-state index in [-0.39, 0.29) is 12.1 Å². The van der Waals surface area contributed by atoms with Gasteiger partial charge in [0.25, 0.3) is 5.91 Å². The van der Waals surface area contributed by atoms with Crippen LogP contribution in [-0.4, -0.2) is 12.1 Å². The summed E-state index contributed by atoms with van der Waals surface area (Å²) in [4.78, 5) is 14.0. The number of amides is 1. The van der Waals surface area contributed by atoms with Crippen molar-refractivity contribution in [3.8, 4) is 0 Å². The molecule has 2 heterocycles. The van der Waals surface area contributed by atoms with Crippen LogP contribution in [0.3, 0.4) is 0 Å². The van der Waals surface area contributed by atoms with Crippen molar-refractivity contribution < 1.29 is 4.79 Å². The van der Waals surface area contributed by atoms with E-state index in [4.69, 9.17) is 0 Å². The van der Waals surface area contributed by atoms with Crippen LogP contribution in [0.25, 0.3) is 6.08 Å². The Bertz CT molecular complexity index is 778. The molecule has 2 aromatic rings. The van der Waals surface area contributed by atoms with Crippen molar-refractivity contribution in [1.82, 2.24) is 5.32 Å². The van der Waals surface area contributed by atoms with E-state index in [9.17, 15) is 4.79 Å². The summed E-state index contributed by atoms with van der Waals surface area (Å²) in [7, 11) is 0. The minimum Gasteiger partial charge on any atom is -0.353 e. The number of rotatable bonds is 3. The van der Waals surface area contributed by atoms with Gasteiger partial charge < -0.3 is 10.6 Å². The van der Waals surface area contributed by atoms with Crippen LogP contribution in [0.4, 0.5) is 5.00 Å². The molecule has 24 heavy (non-hydrogen) atoms. The number of nitrogens with one attached hydrogen (secondary N) is 2. The molecule has 3 nitrogen and oxygen atoms in total. The fraction of sp³-hybridized carbons (Fsp3) is 0.350. The van der Waals surface area contributed by atoms with Gasteiger partial charge in [0.1, 0.15) is 11.2 Å². The van der Waals surface area contributed by atoms with Crippen molar-refractivity contribution >= 4 is 28.3 Å². The number of fused-ring (bicyclic) bond motifs is 3. The Kier molecular flexibility index (Phi) is 4.15. The first-order valence-electron chi connectivity index (χ1n) is 8.69. The zero-order chi connectivity index (χ0) is 16.5. The van der Waals surface area contributed by atoms with Gasteiger partial charge in [0.05, 0.1) is 5.56 Å². The molecule has 0 saturated heterocycles.